The molecule has 1 amide bonds. The van der Waals surface area contributed by atoms with E-state index in [-0.39, 0.29) is 18.5 Å². The quantitative estimate of drug-likeness (QED) is 0.809. The number of benzene rings is 2. The number of amides is 1. The van der Waals surface area contributed by atoms with Crippen LogP contribution in [0.5, 0.6) is 0 Å². The van der Waals surface area contributed by atoms with Gasteiger partial charge in [0.25, 0.3) is 0 Å². The van der Waals surface area contributed by atoms with Crippen LogP contribution in [0, 0.1) is 6.92 Å². The van der Waals surface area contributed by atoms with Crippen LogP contribution in [0.4, 0.5) is 5.69 Å². The average Bonchev–Trinajstić information content (AvgIpc) is 2.58. The first-order valence-electron chi connectivity index (χ1n) is 8.63. The summed E-state index contributed by atoms with van der Waals surface area (Å²) in [6, 6.07) is 14.9. The van der Waals surface area contributed by atoms with Gasteiger partial charge in [0.1, 0.15) is 6.54 Å². The predicted molar refractivity (Wildman–Crippen MR) is 106 cm³/mol. The Bertz CT molecular complexity index is 861. The number of nitrogens with zero attached hydrogens (tertiary/aromatic N) is 1. The second-order valence-electron chi connectivity index (χ2n) is 6.49. The minimum atomic E-state index is -3.57. The van der Waals surface area contributed by atoms with Crippen molar-refractivity contribution in [1.82, 2.24) is 5.32 Å². The molecule has 2 aromatic rings. The number of anilines is 1. The lowest BCUT2D eigenvalue weighted by molar-refractivity contribution is -0.120. The highest BCUT2D eigenvalue weighted by Gasteiger charge is 2.22. The Hall–Kier alpha value is -2.34. The second-order valence-corrected chi connectivity index (χ2v) is 8.40. The third kappa shape index (κ3) is 5.33. The number of carbonyl (C=O) groups excluding carboxylic acids is 1. The zero-order valence-corrected chi connectivity index (χ0v) is 16.5. The van der Waals surface area contributed by atoms with Crippen molar-refractivity contribution in [3.8, 4) is 0 Å². The second kappa shape index (κ2) is 8.36. The van der Waals surface area contributed by atoms with Gasteiger partial charge in [-0.2, -0.15) is 0 Å². The van der Waals surface area contributed by atoms with E-state index in [4.69, 9.17) is 0 Å². The molecule has 0 aromatic heterocycles. The minimum absolute atomic E-state index is 0.202. The SMILES string of the molecule is CCc1ccc([C@@H](C)NC(=O)CN(c2cccc(C)c2)S(C)(=O)=O)cc1. The van der Waals surface area contributed by atoms with Crippen molar-refractivity contribution >= 4 is 21.6 Å². The summed E-state index contributed by atoms with van der Waals surface area (Å²) in [6.45, 7) is 5.60. The molecule has 0 saturated heterocycles. The lowest BCUT2D eigenvalue weighted by atomic mass is 10.1. The van der Waals surface area contributed by atoms with Gasteiger partial charge in [0, 0.05) is 0 Å². The summed E-state index contributed by atoms with van der Waals surface area (Å²) in [4.78, 5) is 12.4. The largest absolute Gasteiger partial charge is 0.348 e. The highest BCUT2D eigenvalue weighted by molar-refractivity contribution is 7.92. The van der Waals surface area contributed by atoms with E-state index < -0.39 is 10.0 Å². The van der Waals surface area contributed by atoms with Crippen LogP contribution in [0.3, 0.4) is 0 Å². The fraction of sp³-hybridized carbons (Fsp3) is 0.350. The van der Waals surface area contributed by atoms with Gasteiger partial charge in [0.15, 0.2) is 0 Å². The molecule has 140 valence electrons. The van der Waals surface area contributed by atoms with Crippen molar-refractivity contribution < 1.29 is 13.2 Å². The van der Waals surface area contributed by atoms with E-state index in [1.54, 1.807) is 18.2 Å². The molecule has 26 heavy (non-hydrogen) atoms. The zero-order chi connectivity index (χ0) is 19.3. The third-order valence-electron chi connectivity index (χ3n) is 4.24. The average molecular weight is 375 g/mol. The Morgan fingerprint density at radius 3 is 2.35 bits per heavy atom. The molecule has 0 bridgehead atoms. The molecular weight excluding hydrogens is 348 g/mol. The summed E-state index contributed by atoms with van der Waals surface area (Å²) in [7, 11) is -3.57. The molecule has 0 saturated carbocycles. The molecule has 1 atom stereocenters. The Morgan fingerprint density at radius 2 is 1.81 bits per heavy atom. The molecule has 5 nitrogen and oxygen atoms in total. The summed E-state index contributed by atoms with van der Waals surface area (Å²) >= 11 is 0. The molecule has 0 radical (unpaired) electrons. The van der Waals surface area contributed by atoms with Crippen LogP contribution in [0.2, 0.25) is 0 Å². The van der Waals surface area contributed by atoms with E-state index in [0.717, 1.165) is 28.1 Å². The Balaban J connectivity index is 2.11. The van der Waals surface area contributed by atoms with Crippen LogP contribution in [0.15, 0.2) is 48.5 Å². The number of aryl methyl sites for hydroxylation is 2. The maximum atomic E-state index is 12.4. The molecule has 0 aliphatic rings. The van der Waals surface area contributed by atoms with Crippen LogP contribution in [0.1, 0.15) is 36.6 Å². The standard InChI is InChI=1S/C20H26N2O3S/c1-5-17-9-11-18(12-10-17)16(3)21-20(23)14-22(26(4,24)25)19-8-6-7-15(2)13-19/h6-13,16H,5,14H2,1-4H3,(H,21,23)/t16-/m1/s1. The van der Waals surface area contributed by atoms with Crippen molar-refractivity contribution in [3.05, 3.63) is 65.2 Å². The third-order valence-corrected chi connectivity index (χ3v) is 5.38. The normalized spacial score (nSPS) is 12.5. The number of carbonyl (C=O) groups is 1. The number of nitrogens with one attached hydrogen (secondary N) is 1. The fourth-order valence-electron chi connectivity index (χ4n) is 2.73. The summed E-state index contributed by atoms with van der Waals surface area (Å²) in [5.41, 5.74) is 3.63. The van der Waals surface area contributed by atoms with Crippen molar-refractivity contribution in [2.45, 2.75) is 33.2 Å². The van der Waals surface area contributed by atoms with Crippen LogP contribution in [0.25, 0.3) is 0 Å². The van der Waals surface area contributed by atoms with Gasteiger partial charge < -0.3 is 5.32 Å². The molecular formula is C20H26N2O3S. The van der Waals surface area contributed by atoms with E-state index in [9.17, 15) is 13.2 Å². The van der Waals surface area contributed by atoms with Crippen LogP contribution < -0.4 is 9.62 Å². The van der Waals surface area contributed by atoms with Crippen molar-refractivity contribution in [3.63, 3.8) is 0 Å². The van der Waals surface area contributed by atoms with Gasteiger partial charge in [-0.25, -0.2) is 8.42 Å². The molecule has 2 aromatic carbocycles. The first-order valence-corrected chi connectivity index (χ1v) is 10.5. The summed E-state index contributed by atoms with van der Waals surface area (Å²) in [6.07, 6.45) is 2.07. The smallest absolute Gasteiger partial charge is 0.241 e. The van der Waals surface area contributed by atoms with E-state index in [1.807, 2.05) is 44.2 Å². The lowest BCUT2D eigenvalue weighted by Crippen LogP contribution is -2.41. The highest BCUT2D eigenvalue weighted by atomic mass is 32.2. The predicted octanol–water partition coefficient (Wildman–Crippen LogP) is 3.20. The molecule has 0 unspecified atom stereocenters. The lowest BCUT2D eigenvalue weighted by Gasteiger charge is -2.23. The van der Waals surface area contributed by atoms with Crippen LogP contribution >= 0.6 is 0 Å². The van der Waals surface area contributed by atoms with Crippen molar-refractivity contribution in [2.75, 3.05) is 17.1 Å². The molecule has 0 heterocycles. The van der Waals surface area contributed by atoms with Crippen LogP contribution in [-0.4, -0.2) is 27.1 Å². The monoisotopic (exact) mass is 374 g/mol. The number of hydrogen-bond acceptors (Lipinski definition) is 3. The Labute approximate surface area is 156 Å². The van der Waals surface area contributed by atoms with Gasteiger partial charge in [0.2, 0.25) is 15.9 Å². The topological polar surface area (TPSA) is 66.5 Å². The molecule has 1 N–H and O–H groups in total. The molecule has 2 rings (SSSR count). The van der Waals surface area contributed by atoms with E-state index in [0.29, 0.717) is 5.69 Å². The molecule has 6 heteroatoms. The van der Waals surface area contributed by atoms with Crippen molar-refractivity contribution in [1.29, 1.82) is 0 Å². The van der Waals surface area contributed by atoms with E-state index in [1.165, 1.54) is 5.56 Å². The summed E-state index contributed by atoms with van der Waals surface area (Å²) < 4.78 is 25.4. The zero-order valence-electron chi connectivity index (χ0n) is 15.7. The van der Waals surface area contributed by atoms with Gasteiger partial charge in [0.05, 0.1) is 18.0 Å². The highest BCUT2D eigenvalue weighted by Crippen LogP contribution is 2.19. The van der Waals surface area contributed by atoms with Gasteiger partial charge in [-0.15, -0.1) is 0 Å². The maximum Gasteiger partial charge on any atom is 0.241 e. The molecule has 0 aliphatic heterocycles. The van der Waals surface area contributed by atoms with Gasteiger partial charge >= 0.3 is 0 Å². The summed E-state index contributed by atoms with van der Waals surface area (Å²) in [5.74, 6) is -0.344. The first kappa shape index (κ1) is 20.0. The molecule has 0 spiro atoms. The van der Waals surface area contributed by atoms with Gasteiger partial charge in [-0.1, -0.05) is 43.3 Å². The molecule has 0 aliphatic carbocycles. The van der Waals surface area contributed by atoms with E-state index >= 15 is 0 Å². The van der Waals surface area contributed by atoms with Crippen molar-refractivity contribution in [2.24, 2.45) is 0 Å². The number of hydrogen-bond donors (Lipinski definition) is 1. The Kier molecular flexibility index (Phi) is 6.42. The number of sulfonamides is 1. The maximum absolute atomic E-state index is 12.4. The fourth-order valence-corrected chi connectivity index (χ4v) is 3.57. The molecule has 0 fully saturated rings. The minimum Gasteiger partial charge on any atom is -0.348 e. The summed E-state index contributed by atoms with van der Waals surface area (Å²) in [5, 5.41) is 2.88. The number of rotatable bonds is 7. The first-order chi connectivity index (χ1) is 12.2. The van der Waals surface area contributed by atoms with Gasteiger partial charge in [-0.05, 0) is 49.1 Å². The Morgan fingerprint density at radius 1 is 1.15 bits per heavy atom. The van der Waals surface area contributed by atoms with Gasteiger partial charge in [-0.3, -0.25) is 9.10 Å². The van der Waals surface area contributed by atoms with Crippen LogP contribution in [-0.2, 0) is 21.2 Å². The van der Waals surface area contributed by atoms with E-state index in [2.05, 4.69) is 12.2 Å².